The zero-order valence-electron chi connectivity index (χ0n) is 42.4. The first-order valence-corrected chi connectivity index (χ1v) is 24.5. The minimum absolute atomic E-state index is 0.00169. The van der Waals surface area contributed by atoms with Gasteiger partial charge < -0.3 is 0 Å². The SMILES string of the molecule is CC(C)(C)CCCCCCCCCN(NN(N(CCCCCCCCCC(C)(C)C)C(C)(C)C)N(CCCCCCCCCC(C)(C)C)C(C)(C)C)C(C)(C)C. The first-order chi connectivity index (χ1) is 25.6. The fraction of sp³-hybridized carbons (Fsp3) is 1.00. The molecule has 0 amide bonds. The quantitative estimate of drug-likeness (QED) is 0.0557. The van der Waals surface area contributed by atoms with E-state index in [1.165, 1.54) is 154 Å². The van der Waals surface area contributed by atoms with Crippen LogP contribution in [0.3, 0.4) is 0 Å². The van der Waals surface area contributed by atoms with Crippen molar-refractivity contribution in [2.75, 3.05) is 19.6 Å². The van der Waals surface area contributed by atoms with E-state index in [-0.39, 0.29) is 16.6 Å². The zero-order chi connectivity index (χ0) is 43.1. The van der Waals surface area contributed by atoms with Crippen LogP contribution in [0, 0.1) is 16.2 Å². The average molecular weight is 792 g/mol. The van der Waals surface area contributed by atoms with E-state index in [4.69, 9.17) is 0 Å². The molecular formula is C51H109N5. The Bertz CT molecular complexity index is 867. The third kappa shape index (κ3) is 31.7. The smallest absolute Gasteiger partial charge is 0.0299 e. The van der Waals surface area contributed by atoms with Gasteiger partial charge in [-0.3, -0.25) is 0 Å². The molecule has 0 aromatic rings. The molecule has 0 aromatic heterocycles. The number of unbranched alkanes of at least 4 members (excludes halogenated alkanes) is 18. The van der Waals surface area contributed by atoms with Crippen molar-refractivity contribution in [2.45, 2.75) is 295 Å². The molecule has 338 valence electrons. The zero-order valence-corrected chi connectivity index (χ0v) is 42.4. The molecule has 0 saturated heterocycles. The summed E-state index contributed by atoms with van der Waals surface area (Å²) in [6, 6.07) is 0. The summed E-state index contributed by atoms with van der Waals surface area (Å²) in [6.07, 6.45) is 32.3. The molecule has 0 aromatic carbocycles. The fourth-order valence-corrected chi connectivity index (χ4v) is 7.72. The summed E-state index contributed by atoms with van der Waals surface area (Å²) in [4.78, 5) is 0. The molecule has 5 heteroatoms. The van der Waals surface area contributed by atoms with Gasteiger partial charge in [-0.15, -0.1) is 0 Å². The number of nitrogens with zero attached hydrogens (tertiary/aromatic N) is 4. The summed E-state index contributed by atoms with van der Waals surface area (Å²) in [5.74, 6) is 0. The molecule has 0 saturated carbocycles. The van der Waals surface area contributed by atoms with Crippen LogP contribution >= 0.6 is 0 Å². The van der Waals surface area contributed by atoms with Crippen molar-refractivity contribution in [1.82, 2.24) is 25.8 Å². The van der Waals surface area contributed by atoms with E-state index in [1.807, 2.05) is 0 Å². The highest BCUT2D eigenvalue weighted by molar-refractivity contribution is 4.81. The molecular weight excluding hydrogens is 683 g/mol. The summed E-state index contributed by atoms with van der Waals surface area (Å²) in [6.45, 7) is 46.2. The normalized spacial score (nSPS) is 14.0. The number of hydrazine groups is 4. The standard InChI is InChI=1S/C51H109N5/c1-46(2,3)40-34-28-22-19-25-31-37-43-53(49(10,11)12)52-56(54(50(13,14)15)44-38-32-26-20-23-29-35-41-47(4,5)6)55(51(16,17)18)45-39-33-27-21-24-30-36-42-48(7,8)9/h52H,19-45H2,1-18H3. The predicted molar refractivity (Wildman–Crippen MR) is 254 cm³/mol. The van der Waals surface area contributed by atoms with Gasteiger partial charge in [-0.25, -0.2) is 15.0 Å². The van der Waals surface area contributed by atoms with Crippen molar-refractivity contribution in [3.8, 4) is 0 Å². The summed E-state index contributed by atoms with van der Waals surface area (Å²) in [7, 11) is 0. The maximum absolute atomic E-state index is 4.13. The van der Waals surface area contributed by atoms with E-state index >= 15 is 0 Å². The molecule has 0 bridgehead atoms. The monoisotopic (exact) mass is 792 g/mol. The van der Waals surface area contributed by atoms with Gasteiger partial charge in [0, 0.05) is 36.3 Å². The van der Waals surface area contributed by atoms with E-state index in [0.717, 1.165) is 19.6 Å². The Kier molecular flexibility index (Phi) is 27.5. The van der Waals surface area contributed by atoms with Crippen LogP contribution in [0.1, 0.15) is 279 Å². The molecule has 5 nitrogen and oxygen atoms in total. The largest absolute Gasteiger partial charge is 0.223 e. The van der Waals surface area contributed by atoms with Gasteiger partial charge in [-0.1, -0.05) is 183 Å². The lowest BCUT2D eigenvalue weighted by atomic mass is 9.89. The highest BCUT2D eigenvalue weighted by Crippen LogP contribution is 2.28. The maximum Gasteiger partial charge on any atom is 0.0299 e. The number of hydrogen-bond acceptors (Lipinski definition) is 5. The molecule has 0 radical (unpaired) electrons. The van der Waals surface area contributed by atoms with Crippen LogP contribution in [-0.2, 0) is 0 Å². The van der Waals surface area contributed by atoms with Crippen molar-refractivity contribution in [3.63, 3.8) is 0 Å². The van der Waals surface area contributed by atoms with Gasteiger partial charge in [0.05, 0.1) is 0 Å². The van der Waals surface area contributed by atoms with Gasteiger partial charge in [0.25, 0.3) is 0 Å². The van der Waals surface area contributed by atoms with Crippen molar-refractivity contribution < 1.29 is 0 Å². The van der Waals surface area contributed by atoms with Crippen LogP contribution in [0.4, 0.5) is 0 Å². The van der Waals surface area contributed by atoms with E-state index < -0.39 is 0 Å². The summed E-state index contributed by atoms with van der Waals surface area (Å²) in [5, 5.41) is 10.4. The average Bonchev–Trinajstić information content (AvgIpc) is 3.01. The molecule has 0 heterocycles. The van der Waals surface area contributed by atoms with E-state index in [0.29, 0.717) is 16.2 Å². The summed E-state index contributed by atoms with van der Waals surface area (Å²) in [5.41, 5.74) is 5.50. The van der Waals surface area contributed by atoms with Crippen LogP contribution in [0.15, 0.2) is 0 Å². The third-order valence-corrected chi connectivity index (χ3v) is 11.4. The Hall–Kier alpha value is -0.200. The second-order valence-corrected chi connectivity index (χ2v) is 24.7. The lowest BCUT2D eigenvalue weighted by Crippen LogP contribution is -2.73. The van der Waals surface area contributed by atoms with Crippen molar-refractivity contribution >= 4 is 0 Å². The summed E-state index contributed by atoms with van der Waals surface area (Å²) < 4.78 is 0. The lowest BCUT2D eigenvalue weighted by Gasteiger charge is -2.54. The van der Waals surface area contributed by atoms with Crippen LogP contribution < -0.4 is 5.53 Å². The molecule has 1 N–H and O–H groups in total. The van der Waals surface area contributed by atoms with Crippen LogP contribution in [-0.4, -0.2) is 56.5 Å². The Balaban J connectivity index is 5.75. The Morgan fingerprint density at radius 3 is 0.732 bits per heavy atom. The van der Waals surface area contributed by atoms with Crippen molar-refractivity contribution in [2.24, 2.45) is 16.2 Å². The van der Waals surface area contributed by atoms with Crippen molar-refractivity contribution in [1.29, 1.82) is 0 Å². The molecule has 0 spiro atoms. The third-order valence-electron chi connectivity index (χ3n) is 11.4. The van der Waals surface area contributed by atoms with Crippen LogP contribution in [0.5, 0.6) is 0 Å². The number of rotatable bonds is 31. The number of nitrogens with one attached hydrogen (secondary N) is 1. The molecule has 0 atom stereocenters. The minimum Gasteiger partial charge on any atom is -0.223 e. The van der Waals surface area contributed by atoms with Gasteiger partial charge in [0.2, 0.25) is 0 Å². The van der Waals surface area contributed by atoms with Crippen LogP contribution in [0.2, 0.25) is 0 Å². The molecule has 0 fully saturated rings. The van der Waals surface area contributed by atoms with Gasteiger partial charge in [0.1, 0.15) is 0 Å². The molecule has 56 heavy (non-hydrogen) atoms. The predicted octanol–water partition coefficient (Wildman–Crippen LogP) is 16.3. The van der Waals surface area contributed by atoms with E-state index in [9.17, 15) is 0 Å². The topological polar surface area (TPSA) is 25.0 Å². The van der Waals surface area contributed by atoms with Crippen LogP contribution in [0.25, 0.3) is 0 Å². The minimum atomic E-state index is -0.0208. The Morgan fingerprint density at radius 2 is 0.500 bits per heavy atom. The molecule has 0 aliphatic rings. The second-order valence-electron chi connectivity index (χ2n) is 24.7. The second kappa shape index (κ2) is 27.6. The van der Waals surface area contributed by atoms with E-state index in [2.05, 4.69) is 150 Å². The highest BCUT2D eigenvalue weighted by atomic mass is 16.1. The fourth-order valence-electron chi connectivity index (χ4n) is 7.72. The molecule has 0 aliphatic heterocycles. The first kappa shape index (κ1) is 55.8. The van der Waals surface area contributed by atoms with Gasteiger partial charge >= 0.3 is 0 Å². The lowest BCUT2D eigenvalue weighted by molar-refractivity contribution is -0.315. The van der Waals surface area contributed by atoms with E-state index in [1.54, 1.807) is 0 Å². The molecule has 0 aliphatic carbocycles. The maximum atomic E-state index is 4.13. The number of hydrogen-bond donors (Lipinski definition) is 1. The van der Waals surface area contributed by atoms with Crippen molar-refractivity contribution in [3.05, 3.63) is 0 Å². The molecule has 0 rings (SSSR count). The van der Waals surface area contributed by atoms with Gasteiger partial charge in [0.15, 0.2) is 0 Å². The first-order valence-electron chi connectivity index (χ1n) is 24.5. The highest BCUT2D eigenvalue weighted by Gasteiger charge is 2.38. The Labute approximate surface area is 355 Å². The molecule has 0 unspecified atom stereocenters. The van der Waals surface area contributed by atoms with Gasteiger partial charge in [-0.05, 0) is 117 Å². The van der Waals surface area contributed by atoms with Gasteiger partial charge in [-0.2, -0.15) is 5.53 Å². The summed E-state index contributed by atoms with van der Waals surface area (Å²) >= 11 is 0. The Morgan fingerprint density at radius 1 is 0.268 bits per heavy atom.